The molecule has 102 valence electrons. The molecule has 0 spiro atoms. The Morgan fingerprint density at radius 1 is 1.39 bits per heavy atom. The van der Waals surface area contributed by atoms with Crippen molar-refractivity contribution in [3.63, 3.8) is 0 Å². The molecule has 0 bridgehead atoms. The first kappa shape index (κ1) is 14.0. The lowest BCUT2D eigenvalue weighted by Gasteiger charge is -2.24. The van der Waals surface area contributed by atoms with Crippen LogP contribution < -0.4 is 10.0 Å². The molecule has 1 aliphatic heterocycles. The highest BCUT2D eigenvalue weighted by atomic mass is 32.2. The monoisotopic (exact) mass is 288 g/mol. The second-order valence-corrected chi connectivity index (χ2v) is 8.09. The Labute approximate surface area is 113 Å². The van der Waals surface area contributed by atoms with Gasteiger partial charge in [-0.25, -0.2) is 13.1 Å². The smallest absolute Gasteiger partial charge is 0.215 e. The number of hydrogen-bond donors (Lipinski definition) is 2. The van der Waals surface area contributed by atoms with Gasteiger partial charge in [-0.15, -0.1) is 11.3 Å². The second kappa shape index (κ2) is 5.69. The molecule has 1 aromatic rings. The van der Waals surface area contributed by atoms with Crippen molar-refractivity contribution in [3.05, 3.63) is 21.9 Å². The van der Waals surface area contributed by atoms with Gasteiger partial charge in [0.05, 0.1) is 11.3 Å². The van der Waals surface area contributed by atoms with Crippen LogP contribution in [0.15, 0.2) is 12.1 Å². The zero-order chi connectivity index (χ0) is 13.2. The predicted octanol–water partition coefficient (Wildman–Crippen LogP) is 1.79. The summed E-state index contributed by atoms with van der Waals surface area (Å²) in [6.07, 6.45) is 1.40. The van der Waals surface area contributed by atoms with E-state index in [0.29, 0.717) is 12.8 Å². The van der Waals surface area contributed by atoms with Crippen molar-refractivity contribution >= 4 is 21.4 Å². The third-order valence-corrected chi connectivity index (χ3v) is 6.47. The van der Waals surface area contributed by atoms with Crippen molar-refractivity contribution in [1.29, 1.82) is 0 Å². The van der Waals surface area contributed by atoms with E-state index >= 15 is 0 Å². The fourth-order valence-corrected chi connectivity index (χ4v) is 4.82. The summed E-state index contributed by atoms with van der Waals surface area (Å²) >= 11 is 1.64. The van der Waals surface area contributed by atoms with Gasteiger partial charge >= 0.3 is 0 Å². The highest BCUT2D eigenvalue weighted by Crippen LogP contribution is 2.24. The fourth-order valence-electron chi connectivity index (χ4n) is 2.19. The number of hydrogen-bond acceptors (Lipinski definition) is 4. The maximum atomic E-state index is 12.2. The van der Waals surface area contributed by atoms with E-state index in [0.717, 1.165) is 18.0 Å². The van der Waals surface area contributed by atoms with Crippen LogP contribution in [0.4, 0.5) is 0 Å². The van der Waals surface area contributed by atoms with Crippen LogP contribution in [0.5, 0.6) is 0 Å². The number of rotatable bonds is 4. The standard InChI is InChI=1S/C12H20N2O2S2/c1-9-3-4-12(17-9)10(2)14-18(15,16)11-5-7-13-8-6-11/h3-4,10-11,13-14H,5-8H2,1-2H3. The van der Waals surface area contributed by atoms with Gasteiger partial charge in [0.2, 0.25) is 10.0 Å². The highest BCUT2D eigenvalue weighted by Gasteiger charge is 2.28. The van der Waals surface area contributed by atoms with Crippen molar-refractivity contribution in [2.24, 2.45) is 0 Å². The summed E-state index contributed by atoms with van der Waals surface area (Å²) in [5.74, 6) is 0. The van der Waals surface area contributed by atoms with Gasteiger partial charge in [0, 0.05) is 9.75 Å². The predicted molar refractivity (Wildman–Crippen MR) is 75.4 cm³/mol. The molecule has 18 heavy (non-hydrogen) atoms. The third-order valence-electron chi connectivity index (χ3n) is 3.25. The molecule has 2 heterocycles. The number of aryl methyl sites for hydroxylation is 1. The van der Waals surface area contributed by atoms with Crippen LogP contribution >= 0.6 is 11.3 Å². The van der Waals surface area contributed by atoms with E-state index in [2.05, 4.69) is 10.0 Å². The molecule has 4 nitrogen and oxygen atoms in total. The summed E-state index contributed by atoms with van der Waals surface area (Å²) in [4.78, 5) is 2.28. The Morgan fingerprint density at radius 3 is 2.61 bits per heavy atom. The van der Waals surface area contributed by atoms with E-state index in [-0.39, 0.29) is 11.3 Å². The fraction of sp³-hybridized carbons (Fsp3) is 0.667. The minimum Gasteiger partial charge on any atom is -0.317 e. The minimum atomic E-state index is -3.20. The molecule has 6 heteroatoms. The maximum Gasteiger partial charge on any atom is 0.215 e. The van der Waals surface area contributed by atoms with E-state index in [9.17, 15) is 8.42 Å². The summed E-state index contributed by atoms with van der Waals surface area (Å²) in [5, 5.41) is 2.94. The quantitative estimate of drug-likeness (QED) is 0.888. The molecule has 0 radical (unpaired) electrons. The lowest BCUT2D eigenvalue weighted by molar-refractivity contribution is 0.485. The van der Waals surface area contributed by atoms with Crippen molar-refractivity contribution in [2.45, 2.75) is 38.0 Å². The van der Waals surface area contributed by atoms with Gasteiger partial charge < -0.3 is 5.32 Å². The van der Waals surface area contributed by atoms with E-state index in [1.54, 1.807) is 11.3 Å². The Kier molecular flexibility index (Phi) is 4.42. The Bertz CT molecular complexity index is 490. The largest absolute Gasteiger partial charge is 0.317 e. The highest BCUT2D eigenvalue weighted by molar-refractivity contribution is 7.90. The topological polar surface area (TPSA) is 58.2 Å². The normalized spacial score (nSPS) is 19.9. The van der Waals surface area contributed by atoms with Gasteiger partial charge in [-0.1, -0.05) is 0 Å². The average Bonchev–Trinajstić information content (AvgIpc) is 2.77. The van der Waals surface area contributed by atoms with Crippen LogP contribution in [0.2, 0.25) is 0 Å². The lowest BCUT2D eigenvalue weighted by Crippen LogP contribution is -2.42. The van der Waals surface area contributed by atoms with E-state index < -0.39 is 10.0 Å². The van der Waals surface area contributed by atoms with E-state index in [4.69, 9.17) is 0 Å². The molecule has 1 aliphatic rings. The molecular weight excluding hydrogens is 268 g/mol. The molecule has 0 saturated carbocycles. The molecule has 0 aliphatic carbocycles. The molecule has 0 aromatic carbocycles. The van der Waals surface area contributed by atoms with Gasteiger partial charge in [-0.05, 0) is 51.9 Å². The molecule has 0 amide bonds. The molecule has 1 atom stereocenters. The molecule has 1 fully saturated rings. The maximum absolute atomic E-state index is 12.2. The zero-order valence-electron chi connectivity index (χ0n) is 10.8. The van der Waals surface area contributed by atoms with Crippen molar-refractivity contribution in [1.82, 2.24) is 10.0 Å². The third kappa shape index (κ3) is 3.32. The minimum absolute atomic E-state index is 0.136. The van der Waals surface area contributed by atoms with Crippen LogP contribution in [0.1, 0.15) is 35.6 Å². The van der Waals surface area contributed by atoms with Crippen LogP contribution in [0.25, 0.3) is 0 Å². The molecule has 2 rings (SSSR count). The number of piperidine rings is 1. The first-order chi connectivity index (χ1) is 8.49. The van der Waals surface area contributed by atoms with Gasteiger partial charge in [0.25, 0.3) is 0 Å². The molecular formula is C12H20N2O2S2. The Balaban J connectivity index is 2.03. The van der Waals surface area contributed by atoms with Gasteiger partial charge in [0.15, 0.2) is 0 Å². The molecule has 2 N–H and O–H groups in total. The summed E-state index contributed by atoms with van der Waals surface area (Å²) in [7, 11) is -3.20. The zero-order valence-corrected chi connectivity index (χ0v) is 12.4. The van der Waals surface area contributed by atoms with Crippen molar-refractivity contribution < 1.29 is 8.42 Å². The number of sulfonamides is 1. The van der Waals surface area contributed by atoms with Gasteiger partial charge in [-0.2, -0.15) is 0 Å². The first-order valence-electron chi connectivity index (χ1n) is 6.27. The van der Waals surface area contributed by atoms with Crippen molar-refractivity contribution in [2.75, 3.05) is 13.1 Å². The molecule has 1 saturated heterocycles. The summed E-state index contributed by atoms with van der Waals surface area (Å²) in [6.45, 7) is 5.52. The summed E-state index contributed by atoms with van der Waals surface area (Å²) in [5.41, 5.74) is 0. The average molecular weight is 288 g/mol. The van der Waals surface area contributed by atoms with Crippen LogP contribution in [0, 0.1) is 6.92 Å². The molecule has 1 aromatic heterocycles. The Morgan fingerprint density at radius 2 is 2.06 bits per heavy atom. The van der Waals surface area contributed by atoms with Crippen molar-refractivity contribution in [3.8, 4) is 0 Å². The van der Waals surface area contributed by atoms with E-state index in [1.165, 1.54) is 4.88 Å². The number of nitrogens with one attached hydrogen (secondary N) is 2. The van der Waals surface area contributed by atoms with Crippen LogP contribution in [-0.4, -0.2) is 26.8 Å². The van der Waals surface area contributed by atoms with Crippen LogP contribution in [-0.2, 0) is 10.0 Å². The first-order valence-corrected chi connectivity index (χ1v) is 8.63. The van der Waals surface area contributed by atoms with Gasteiger partial charge in [-0.3, -0.25) is 0 Å². The van der Waals surface area contributed by atoms with Crippen LogP contribution in [0.3, 0.4) is 0 Å². The number of thiophene rings is 1. The van der Waals surface area contributed by atoms with Gasteiger partial charge in [0.1, 0.15) is 0 Å². The lowest BCUT2D eigenvalue weighted by atomic mass is 10.2. The summed E-state index contributed by atoms with van der Waals surface area (Å²) in [6, 6.07) is 3.88. The summed E-state index contributed by atoms with van der Waals surface area (Å²) < 4.78 is 27.3. The second-order valence-electron chi connectivity index (χ2n) is 4.78. The van der Waals surface area contributed by atoms with E-state index in [1.807, 2.05) is 26.0 Å². The molecule has 1 unspecified atom stereocenters. The Hall–Kier alpha value is -0.430. The SMILES string of the molecule is Cc1ccc(C(C)NS(=O)(=O)C2CCNCC2)s1.